The van der Waals surface area contributed by atoms with Crippen molar-refractivity contribution in [3.8, 4) is 0 Å². The number of benzene rings is 1. The Bertz CT molecular complexity index is 417. The van der Waals surface area contributed by atoms with Gasteiger partial charge < -0.3 is 10.2 Å². The van der Waals surface area contributed by atoms with E-state index in [9.17, 15) is 0 Å². The molecule has 1 aliphatic heterocycles. The van der Waals surface area contributed by atoms with Crippen LogP contribution >= 0.6 is 23.2 Å². The molecule has 1 heterocycles. The predicted octanol–water partition coefficient (Wildman–Crippen LogP) is 4.74. The normalized spacial score (nSPS) is 16.3. The summed E-state index contributed by atoms with van der Waals surface area (Å²) in [5.74, 6) is 0. The van der Waals surface area contributed by atoms with Crippen LogP contribution in [0.3, 0.4) is 0 Å². The summed E-state index contributed by atoms with van der Waals surface area (Å²) in [7, 11) is 0. The summed E-state index contributed by atoms with van der Waals surface area (Å²) in [5.41, 5.74) is 1.19. The Morgan fingerprint density at radius 3 is 2.52 bits per heavy atom. The Balaban J connectivity index is 1.48. The minimum Gasteiger partial charge on any atom is -0.313 e. The van der Waals surface area contributed by atoms with Gasteiger partial charge in [0.2, 0.25) is 0 Å². The van der Waals surface area contributed by atoms with Crippen LogP contribution in [0.15, 0.2) is 18.2 Å². The number of halogens is 2. The van der Waals surface area contributed by atoms with Crippen LogP contribution in [0.5, 0.6) is 0 Å². The molecule has 1 fully saturated rings. The van der Waals surface area contributed by atoms with Crippen LogP contribution in [0.2, 0.25) is 10.0 Å². The summed E-state index contributed by atoms with van der Waals surface area (Å²) in [4.78, 5) is 2.62. The standard InChI is InChI=1S/C17H26Cl2N2/c18-16-8-7-15(13-17(16)19)14-20-9-3-1-4-10-21-11-5-2-6-12-21/h7-8,13,20H,1-6,9-12,14H2. The average molecular weight is 329 g/mol. The van der Waals surface area contributed by atoms with E-state index in [0.717, 1.165) is 13.1 Å². The van der Waals surface area contributed by atoms with E-state index in [1.165, 1.54) is 63.7 Å². The maximum Gasteiger partial charge on any atom is 0.0595 e. The lowest BCUT2D eigenvalue weighted by Gasteiger charge is -2.26. The zero-order valence-corrected chi connectivity index (χ0v) is 14.2. The average Bonchev–Trinajstić information content (AvgIpc) is 2.51. The third-order valence-corrected chi connectivity index (χ3v) is 4.83. The number of rotatable bonds is 8. The summed E-state index contributed by atoms with van der Waals surface area (Å²) in [6.07, 6.45) is 8.10. The van der Waals surface area contributed by atoms with Crippen LogP contribution in [0.1, 0.15) is 44.1 Å². The number of likely N-dealkylation sites (tertiary alicyclic amines) is 1. The molecule has 0 bridgehead atoms. The molecule has 0 amide bonds. The van der Waals surface area contributed by atoms with E-state index in [2.05, 4.69) is 10.2 Å². The van der Waals surface area contributed by atoms with E-state index in [1.807, 2.05) is 18.2 Å². The van der Waals surface area contributed by atoms with Crippen molar-refractivity contribution in [3.63, 3.8) is 0 Å². The highest BCUT2D eigenvalue weighted by Crippen LogP contribution is 2.22. The first-order chi connectivity index (χ1) is 10.3. The van der Waals surface area contributed by atoms with Gasteiger partial charge in [0.25, 0.3) is 0 Å². The van der Waals surface area contributed by atoms with Crippen molar-refractivity contribution in [1.82, 2.24) is 10.2 Å². The van der Waals surface area contributed by atoms with Gasteiger partial charge in [-0.15, -0.1) is 0 Å². The molecule has 1 aliphatic rings. The molecule has 118 valence electrons. The molecule has 1 N–H and O–H groups in total. The first kappa shape index (κ1) is 17.1. The monoisotopic (exact) mass is 328 g/mol. The number of nitrogens with zero attached hydrogens (tertiary/aromatic N) is 1. The van der Waals surface area contributed by atoms with Gasteiger partial charge in [-0.3, -0.25) is 0 Å². The van der Waals surface area contributed by atoms with E-state index in [-0.39, 0.29) is 0 Å². The lowest BCUT2D eigenvalue weighted by Crippen LogP contribution is -2.30. The zero-order valence-electron chi connectivity index (χ0n) is 12.7. The van der Waals surface area contributed by atoms with Gasteiger partial charge in [0, 0.05) is 6.54 Å². The molecule has 0 aliphatic carbocycles. The number of hydrogen-bond donors (Lipinski definition) is 1. The maximum absolute atomic E-state index is 6.00. The van der Waals surface area contributed by atoms with Crippen molar-refractivity contribution in [3.05, 3.63) is 33.8 Å². The Morgan fingerprint density at radius 1 is 0.952 bits per heavy atom. The molecule has 1 saturated heterocycles. The van der Waals surface area contributed by atoms with Crippen LogP contribution in [-0.2, 0) is 6.54 Å². The van der Waals surface area contributed by atoms with Crippen molar-refractivity contribution < 1.29 is 0 Å². The molecular weight excluding hydrogens is 303 g/mol. The first-order valence-corrected chi connectivity index (χ1v) is 8.88. The minimum atomic E-state index is 0.623. The Morgan fingerprint density at radius 2 is 1.76 bits per heavy atom. The topological polar surface area (TPSA) is 15.3 Å². The highest BCUT2D eigenvalue weighted by Gasteiger charge is 2.08. The molecule has 2 nitrogen and oxygen atoms in total. The lowest BCUT2D eigenvalue weighted by atomic mass is 10.1. The van der Waals surface area contributed by atoms with Gasteiger partial charge in [-0.1, -0.05) is 42.1 Å². The fourth-order valence-corrected chi connectivity index (χ4v) is 3.15. The summed E-state index contributed by atoms with van der Waals surface area (Å²) in [5, 5.41) is 4.73. The van der Waals surface area contributed by atoms with Gasteiger partial charge in [-0.05, 0) is 69.6 Å². The molecule has 1 aromatic carbocycles. The van der Waals surface area contributed by atoms with Crippen LogP contribution in [0.4, 0.5) is 0 Å². The first-order valence-electron chi connectivity index (χ1n) is 8.13. The second-order valence-corrected chi connectivity index (χ2v) is 6.70. The second kappa shape index (κ2) is 9.68. The van der Waals surface area contributed by atoms with Gasteiger partial charge in [-0.25, -0.2) is 0 Å². The largest absolute Gasteiger partial charge is 0.313 e. The van der Waals surface area contributed by atoms with Gasteiger partial charge in [0.15, 0.2) is 0 Å². The fourth-order valence-electron chi connectivity index (χ4n) is 2.83. The Hall–Kier alpha value is -0.280. The van der Waals surface area contributed by atoms with Gasteiger partial charge in [0.1, 0.15) is 0 Å². The fraction of sp³-hybridized carbons (Fsp3) is 0.647. The summed E-state index contributed by atoms with van der Waals surface area (Å²) >= 11 is 11.9. The number of nitrogens with one attached hydrogen (secondary N) is 1. The highest BCUT2D eigenvalue weighted by molar-refractivity contribution is 6.42. The van der Waals surface area contributed by atoms with E-state index in [1.54, 1.807) is 0 Å². The van der Waals surface area contributed by atoms with E-state index in [0.29, 0.717) is 10.0 Å². The van der Waals surface area contributed by atoms with Crippen molar-refractivity contribution in [1.29, 1.82) is 0 Å². The lowest BCUT2D eigenvalue weighted by molar-refractivity contribution is 0.224. The molecule has 0 unspecified atom stereocenters. The summed E-state index contributed by atoms with van der Waals surface area (Å²) in [6.45, 7) is 5.85. The van der Waals surface area contributed by atoms with Crippen molar-refractivity contribution in [2.45, 2.75) is 45.1 Å². The predicted molar refractivity (Wildman–Crippen MR) is 92.3 cm³/mol. The maximum atomic E-state index is 6.00. The molecule has 4 heteroatoms. The molecule has 0 aromatic heterocycles. The third-order valence-electron chi connectivity index (χ3n) is 4.09. The minimum absolute atomic E-state index is 0.623. The number of unbranched alkanes of at least 4 members (excludes halogenated alkanes) is 2. The second-order valence-electron chi connectivity index (χ2n) is 5.89. The van der Waals surface area contributed by atoms with E-state index in [4.69, 9.17) is 23.2 Å². The Kier molecular flexibility index (Phi) is 7.87. The van der Waals surface area contributed by atoms with Crippen LogP contribution in [-0.4, -0.2) is 31.1 Å². The smallest absolute Gasteiger partial charge is 0.0595 e. The van der Waals surface area contributed by atoms with E-state index >= 15 is 0 Å². The molecule has 0 spiro atoms. The summed E-state index contributed by atoms with van der Waals surface area (Å²) in [6, 6.07) is 5.82. The molecule has 0 atom stereocenters. The summed E-state index contributed by atoms with van der Waals surface area (Å²) < 4.78 is 0. The third kappa shape index (κ3) is 6.56. The molecule has 21 heavy (non-hydrogen) atoms. The van der Waals surface area contributed by atoms with Crippen molar-refractivity contribution in [2.75, 3.05) is 26.2 Å². The molecular formula is C17H26Cl2N2. The highest BCUT2D eigenvalue weighted by atomic mass is 35.5. The van der Waals surface area contributed by atoms with Crippen molar-refractivity contribution >= 4 is 23.2 Å². The molecule has 1 aromatic rings. The van der Waals surface area contributed by atoms with E-state index < -0.39 is 0 Å². The Labute approximate surface area is 138 Å². The van der Waals surface area contributed by atoms with Crippen LogP contribution in [0.25, 0.3) is 0 Å². The number of piperidine rings is 1. The van der Waals surface area contributed by atoms with Gasteiger partial charge in [-0.2, -0.15) is 0 Å². The number of hydrogen-bond acceptors (Lipinski definition) is 2. The molecule has 0 saturated carbocycles. The zero-order chi connectivity index (χ0) is 14.9. The van der Waals surface area contributed by atoms with Crippen LogP contribution < -0.4 is 5.32 Å². The molecule has 0 radical (unpaired) electrons. The van der Waals surface area contributed by atoms with Gasteiger partial charge >= 0.3 is 0 Å². The quantitative estimate of drug-likeness (QED) is 0.693. The SMILES string of the molecule is Clc1ccc(CNCCCCCN2CCCCC2)cc1Cl. The van der Waals surface area contributed by atoms with Crippen LogP contribution in [0, 0.1) is 0 Å². The van der Waals surface area contributed by atoms with Crippen molar-refractivity contribution in [2.24, 2.45) is 0 Å². The van der Waals surface area contributed by atoms with Gasteiger partial charge in [0.05, 0.1) is 10.0 Å². The molecule has 2 rings (SSSR count).